The van der Waals surface area contributed by atoms with Crippen LogP contribution in [0.2, 0.25) is 0 Å². The van der Waals surface area contributed by atoms with Gasteiger partial charge in [-0.25, -0.2) is 0 Å². The maximum absolute atomic E-state index is 12.3. The number of carbonyl (C=O) groups excluding carboxylic acids is 2. The number of nitrogens with zero attached hydrogens (tertiary/aromatic N) is 1. The molecule has 8 heteroatoms. The summed E-state index contributed by atoms with van der Waals surface area (Å²) < 4.78 is 0. The Morgan fingerprint density at radius 3 is 2.28 bits per heavy atom. The second-order valence-corrected chi connectivity index (χ2v) is 6.53. The Hall–Kier alpha value is -3.78. The standard InChI is InChI=1S/C21H19N5O2S/c1-14-5-2-3-7-18(14)24-21(29)26-25-20(28)15-8-10-17(11-9-15)23-19(27)16-6-4-12-22-13-16/h2-13H,1H3,(H,23,27)(H,25,28)(H2,24,26,29). The molecule has 0 unspecified atom stereocenters. The molecule has 0 spiro atoms. The third-order valence-electron chi connectivity index (χ3n) is 4.01. The van der Waals surface area contributed by atoms with Gasteiger partial charge >= 0.3 is 0 Å². The van der Waals surface area contributed by atoms with Crippen LogP contribution in [0.15, 0.2) is 73.1 Å². The van der Waals surface area contributed by atoms with Gasteiger partial charge in [0.2, 0.25) is 0 Å². The molecule has 0 atom stereocenters. The van der Waals surface area contributed by atoms with Crippen LogP contribution < -0.4 is 21.5 Å². The molecule has 0 aliphatic rings. The summed E-state index contributed by atoms with van der Waals surface area (Å²) >= 11 is 5.19. The molecule has 7 nitrogen and oxygen atoms in total. The number of anilines is 2. The number of pyridine rings is 1. The summed E-state index contributed by atoms with van der Waals surface area (Å²) in [5, 5.41) is 6.04. The van der Waals surface area contributed by atoms with Crippen LogP contribution in [0.5, 0.6) is 0 Å². The number of hydrogen-bond donors (Lipinski definition) is 4. The van der Waals surface area contributed by atoms with Crippen LogP contribution in [0, 0.1) is 6.92 Å². The van der Waals surface area contributed by atoms with E-state index in [1.165, 1.54) is 6.20 Å². The molecular formula is C21H19N5O2S. The molecule has 1 heterocycles. The molecule has 1 aromatic heterocycles. The summed E-state index contributed by atoms with van der Waals surface area (Å²) in [6.07, 6.45) is 3.08. The highest BCUT2D eigenvalue weighted by molar-refractivity contribution is 7.80. The average molecular weight is 405 g/mol. The van der Waals surface area contributed by atoms with Crippen LogP contribution in [0.1, 0.15) is 26.3 Å². The van der Waals surface area contributed by atoms with Crippen LogP contribution in [0.3, 0.4) is 0 Å². The summed E-state index contributed by atoms with van der Waals surface area (Å²) in [5.41, 5.74) is 8.53. The first kappa shape index (κ1) is 20.0. The topological polar surface area (TPSA) is 95.1 Å². The number of carbonyl (C=O) groups is 2. The average Bonchev–Trinajstić information content (AvgIpc) is 2.75. The molecule has 0 radical (unpaired) electrons. The van der Waals surface area contributed by atoms with E-state index in [9.17, 15) is 9.59 Å². The van der Waals surface area contributed by atoms with Crippen molar-refractivity contribution in [3.63, 3.8) is 0 Å². The minimum Gasteiger partial charge on any atom is -0.331 e. The van der Waals surface area contributed by atoms with Gasteiger partial charge in [-0.2, -0.15) is 0 Å². The normalized spacial score (nSPS) is 9.97. The smallest absolute Gasteiger partial charge is 0.269 e. The zero-order valence-corrected chi connectivity index (χ0v) is 16.4. The SMILES string of the molecule is Cc1ccccc1NC(=S)NNC(=O)c1ccc(NC(=O)c2cccnc2)cc1. The Balaban J connectivity index is 1.52. The fraction of sp³-hybridized carbons (Fsp3) is 0.0476. The largest absolute Gasteiger partial charge is 0.331 e. The first-order valence-corrected chi connectivity index (χ1v) is 9.18. The van der Waals surface area contributed by atoms with Gasteiger partial charge in [0.25, 0.3) is 11.8 Å². The zero-order chi connectivity index (χ0) is 20.6. The number of hydrazine groups is 1. The highest BCUT2D eigenvalue weighted by Gasteiger charge is 2.09. The lowest BCUT2D eigenvalue weighted by atomic mass is 10.2. The van der Waals surface area contributed by atoms with Crippen molar-refractivity contribution in [2.75, 3.05) is 10.6 Å². The number of benzene rings is 2. The first-order chi connectivity index (χ1) is 14.0. The van der Waals surface area contributed by atoms with Gasteiger partial charge in [-0.05, 0) is 67.2 Å². The number of nitrogens with one attached hydrogen (secondary N) is 4. The van der Waals surface area contributed by atoms with E-state index in [4.69, 9.17) is 12.2 Å². The quantitative estimate of drug-likeness (QED) is 0.393. The lowest BCUT2D eigenvalue weighted by Crippen LogP contribution is -2.43. The van der Waals surface area contributed by atoms with Crippen molar-refractivity contribution < 1.29 is 9.59 Å². The Bertz CT molecular complexity index is 1020. The molecule has 4 N–H and O–H groups in total. The Morgan fingerprint density at radius 2 is 1.59 bits per heavy atom. The molecule has 2 aromatic carbocycles. The summed E-state index contributed by atoms with van der Waals surface area (Å²) in [7, 11) is 0. The van der Waals surface area contributed by atoms with Gasteiger partial charge in [-0.15, -0.1) is 0 Å². The van der Waals surface area contributed by atoms with Gasteiger partial charge in [-0.3, -0.25) is 25.4 Å². The van der Waals surface area contributed by atoms with Gasteiger partial charge in [0, 0.05) is 29.3 Å². The highest BCUT2D eigenvalue weighted by Crippen LogP contribution is 2.13. The maximum Gasteiger partial charge on any atom is 0.269 e. The molecule has 0 saturated heterocycles. The molecular weight excluding hydrogens is 386 g/mol. The van der Waals surface area contributed by atoms with E-state index in [2.05, 4.69) is 26.5 Å². The van der Waals surface area contributed by atoms with Crippen molar-refractivity contribution in [1.29, 1.82) is 0 Å². The fourth-order valence-corrected chi connectivity index (χ4v) is 2.62. The van der Waals surface area contributed by atoms with Crippen molar-refractivity contribution in [2.24, 2.45) is 0 Å². The number of amides is 2. The number of hydrogen-bond acceptors (Lipinski definition) is 4. The van der Waals surface area contributed by atoms with Crippen LogP contribution in [-0.4, -0.2) is 21.9 Å². The molecule has 0 aliphatic carbocycles. The van der Waals surface area contributed by atoms with E-state index < -0.39 is 0 Å². The lowest BCUT2D eigenvalue weighted by Gasteiger charge is -2.13. The predicted octanol–water partition coefficient (Wildman–Crippen LogP) is 3.27. The Morgan fingerprint density at radius 1 is 0.828 bits per heavy atom. The van der Waals surface area contributed by atoms with Crippen molar-refractivity contribution in [3.05, 3.63) is 89.7 Å². The van der Waals surface area contributed by atoms with Crippen LogP contribution >= 0.6 is 12.2 Å². The molecule has 29 heavy (non-hydrogen) atoms. The van der Waals surface area contributed by atoms with Gasteiger partial charge in [-0.1, -0.05) is 18.2 Å². The molecule has 0 aliphatic heterocycles. The van der Waals surface area contributed by atoms with Crippen LogP contribution in [-0.2, 0) is 0 Å². The first-order valence-electron chi connectivity index (χ1n) is 8.77. The van der Waals surface area contributed by atoms with E-state index in [0.29, 0.717) is 16.8 Å². The molecule has 0 bridgehead atoms. The van der Waals surface area contributed by atoms with E-state index >= 15 is 0 Å². The minimum atomic E-state index is -0.357. The van der Waals surface area contributed by atoms with Crippen molar-refractivity contribution >= 4 is 40.5 Å². The second kappa shape index (κ2) is 9.43. The fourth-order valence-electron chi connectivity index (χ4n) is 2.46. The Labute approximate surface area is 173 Å². The van der Waals surface area contributed by atoms with Gasteiger partial charge < -0.3 is 10.6 Å². The Kier molecular flexibility index (Phi) is 6.49. The molecule has 146 valence electrons. The van der Waals surface area contributed by atoms with Crippen LogP contribution in [0.25, 0.3) is 0 Å². The van der Waals surface area contributed by atoms with Gasteiger partial charge in [0.05, 0.1) is 5.56 Å². The molecule has 0 saturated carbocycles. The van der Waals surface area contributed by atoms with Gasteiger partial charge in [0.15, 0.2) is 5.11 Å². The third-order valence-corrected chi connectivity index (χ3v) is 4.22. The van der Waals surface area contributed by atoms with Crippen LogP contribution in [0.4, 0.5) is 11.4 Å². The zero-order valence-electron chi connectivity index (χ0n) is 15.6. The lowest BCUT2D eigenvalue weighted by molar-refractivity contribution is 0.0943. The van der Waals surface area contributed by atoms with Crippen molar-refractivity contribution in [1.82, 2.24) is 15.8 Å². The number of rotatable bonds is 4. The highest BCUT2D eigenvalue weighted by atomic mass is 32.1. The molecule has 3 rings (SSSR count). The van der Waals surface area contributed by atoms with E-state index in [0.717, 1.165) is 11.3 Å². The third kappa shape index (κ3) is 5.60. The van der Waals surface area contributed by atoms with E-state index in [1.807, 2.05) is 31.2 Å². The minimum absolute atomic E-state index is 0.271. The van der Waals surface area contributed by atoms with Crippen molar-refractivity contribution in [3.8, 4) is 0 Å². The number of aryl methyl sites for hydroxylation is 1. The summed E-state index contributed by atoms with van der Waals surface area (Å²) in [6.45, 7) is 1.96. The number of para-hydroxylation sites is 1. The number of thiocarbonyl (C=S) groups is 1. The predicted molar refractivity (Wildman–Crippen MR) is 117 cm³/mol. The summed E-state index contributed by atoms with van der Waals surface area (Å²) in [6, 6.07) is 17.5. The molecule has 2 amide bonds. The molecule has 0 fully saturated rings. The monoisotopic (exact) mass is 405 g/mol. The summed E-state index contributed by atoms with van der Waals surface area (Å²) in [4.78, 5) is 28.3. The summed E-state index contributed by atoms with van der Waals surface area (Å²) in [5.74, 6) is -0.631. The maximum atomic E-state index is 12.3. The van der Waals surface area contributed by atoms with E-state index in [1.54, 1.807) is 42.6 Å². The van der Waals surface area contributed by atoms with Gasteiger partial charge in [0.1, 0.15) is 0 Å². The van der Waals surface area contributed by atoms with E-state index in [-0.39, 0.29) is 16.9 Å². The molecule has 3 aromatic rings. The van der Waals surface area contributed by atoms with Crippen molar-refractivity contribution in [2.45, 2.75) is 6.92 Å². The second-order valence-electron chi connectivity index (χ2n) is 6.12. The number of aromatic nitrogens is 1.